The average Bonchev–Trinajstić information content (AvgIpc) is 2.55. The second-order valence-corrected chi connectivity index (χ2v) is 6.11. The predicted octanol–water partition coefficient (Wildman–Crippen LogP) is 3.75. The second kappa shape index (κ2) is 11.6. The first kappa shape index (κ1) is 19.1. The Bertz CT molecular complexity index is 443. The summed E-state index contributed by atoms with van der Waals surface area (Å²) < 4.78 is 10.2. The molecule has 0 radical (unpaired) electrons. The number of hydrogen-bond donors (Lipinski definition) is 0. The van der Waals surface area contributed by atoms with Crippen LogP contribution in [-0.2, 0) is 9.47 Å². The van der Waals surface area contributed by atoms with Gasteiger partial charge in [-0.25, -0.2) is 9.59 Å². The maximum atomic E-state index is 11.9. The van der Waals surface area contributed by atoms with Gasteiger partial charge < -0.3 is 9.47 Å². The number of halogens is 2. The number of hydrogen-bond acceptors (Lipinski definition) is 5. The van der Waals surface area contributed by atoms with Gasteiger partial charge in [0, 0.05) is 23.1 Å². The summed E-state index contributed by atoms with van der Waals surface area (Å²) in [7, 11) is 0. The summed E-state index contributed by atoms with van der Waals surface area (Å²) >= 11 is 6.63. The van der Waals surface area contributed by atoms with Crippen LogP contribution < -0.4 is 0 Å². The van der Waals surface area contributed by atoms with Crippen molar-refractivity contribution in [2.45, 2.75) is 25.7 Å². The van der Waals surface area contributed by atoms with Crippen molar-refractivity contribution in [3.8, 4) is 0 Å². The van der Waals surface area contributed by atoms with Crippen molar-refractivity contribution in [3.63, 3.8) is 0 Å². The number of ether oxygens (including phenoxy) is 2. The Morgan fingerprint density at radius 1 is 0.864 bits per heavy atom. The summed E-state index contributed by atoms with van der Waals surface area (Å²) in [6.07, 6.45) is 6.22. The fourth-order valence-electron chi connectivity index (χ4n) is 1.55. The number of pyridine rings is 1. The van der Waals surface area contributed by atoms with Crippen molar-refractivity contribution in [2.24, 2.45) is 0 Å². The Hall–Kier alpha value is -0.950. The van der Waals surface area contributed by atoms with Crippen LogP contribution in [0.4, 0.5) is 0 Å². The van der Waals surface area contributed by atoms with E-state index >= 15 is 0 Å². The molecule has 0 spiro atoms. The number of carbonyl (C=O) groups excluding carboxylic acids is 2. The van der Waals surface area contributed by atoms with Gasteiger partial charge in [-0.15, -0.1) is 0 Å². The molecule has 0 unspecified atom stereocenters. The highest BCUT2D eigenvalue weighted by Crippen LogP contribution is 2.08. The standard InChI is InChI=1S/C15H19Br2NO4/c16-5-1-3-7-21-14(19)12-9-13(11-18-10-12)15(20)22-8-4-2-6-17/h9-11H,1-8H2. The van der Waals surface area contributed by atoms with Crippen LogP contribution in [0.1, 0.15) is 46.4 Å². The summed E-state index contributed by atoms with van der Waals surface area (Å²) in [6.45, 7) is 0.706. The van der Waals surface area contributed by atoms with E-state index in [4.69, 9.17) is 9.47 Å². The third-order valence-electron chi connectivity index (χ3n) is 2.73. The van der Waals surface area contributed by atoms with Gasteiger partial charge in [0.2, 0.25) is 0 Å². The molecule has 0 fully saturated rings. The number of carbonyl (C=O) groups is 2. The van der Waals surface area contributed by atoms with E-state index in [1.165, 1.54) is 18.5 Å². The van der Waals surface area contributed by atoms with Gasteiger partial charge in [-0.05, 0) is 31.7 Å². The third kappa shape index (κ3) is 7.35. The SMILES string of the molecule is O=C(OCCCCBr)c1cncc(C(=O)OCCCCBr)c1. The predicted molar refractivity (Wildman–Crippen MR) is 90.9 cm³/mol. The minimum absolute atomic E-state index is 0.258. The smallest absolute Gasteiger partial charge is 0.339 e. The number of rotatable bonds is 10. The van der Waals surface area contributed by atoms with E-state index in [1.807, 2.05) is 0 Å². The molecule has 0 N–H and O–H groups in total. The van der Waals surface area contributed by atoms with Crippen LogP contribution in [-0.4, -0.2) is 40.8 Å². The highest BCUT2D eigenvalue weighted by atomic mass is 79.9. The van der Waals surface area contributed by atoms with Gasteiger partial charge in [-0.1, -0.05) is 31.9 Å². The van der Waals surface area contributed by atoms with E-state index < -0.39 is 11.9 Å². The normalized spacial score (nSPS) is 10.3. The van der Waals surface area contributed by atoms with E-state index in [0.29, 0.717) is 13.2 Å². The molecular formula is C15H19Br2NO4. The van der Waals surface area contributed by atoms with E-state index in [0.717, 1.165) is 36.3 Å². The van der Waals surface area contributed by atoms with E-state index in [9.17, 15) is 9.59 Å². The Morgan fingerprint density at radius 2 is 1.32 bits per heavy atom. The molecule has 0 saturated heterocycles. The number of aromatic nitrogens is 1. The van der Waals surface area contributed by atoms with E-state index in [1.54, 1.807) is 0 Å². The number of esters is 2. The monoisotopic (exact) mass is 435 g/mol. The molecule has 0 amide bonds. The van der Waals surface area contributed by atoms with Crippen molar-refractivity contribution >= 4 is 43.8 Å². The first-order chi connectivity index (χ1) is 10.7. The lowest BCUT2D eigenvalue weighted by molar-refractivity contribution is 0.0497. The van der Waals surface area contributed by atoms with Crippen LogP contribution in [0, 0.1) is 0 Å². The maximum Gasteiger partial charge on any atom is 0.339 e. The van der Waals surface area contributed by atoms with Crippen LogP contribution in [0.3, 0.4) is 0 Å². The van der Waals surface area contributed by atoms with Gasteiger partial charge in [-0.2, -0.15) is 0 Å². The van der Waals surface area contributed by atoms with Crippen LogP contribution in [0.15, 0.2) is 18.5 Å². The fourth-order valence-corrected chi connectivity index (χ4v) is 2.35. The second-order valence-electron chi connectivity index (χ2n) is 4.53. The summed E-state index contributed by atoms with van der Waals surface area (Å²) in [5, 5.41) is 1.75. The molecule has 1 aromatic rings. The van der Waals surface area contributed by atoms with Crippen molar-refractivity contribution in [1.82, 2.24) is 4.98 Å². The molecule has 1 rings (SSSR count). The van der Waals surface area contributed by atoms with Crippen molar-refractivity contribution in [3.05, 3.63) is 29.6 Å². The average molecular weight is 437 g/mol. The van der Waals surface area contributed by atoms with Crippen molar-refractivity contribution < 1.29 is 19.1 Å². The summed E-state index contributed by atoms with van der Waals surface area (Å²) in [4.78, 5) is 27.6. The minimum atomic E-state index is -0.476. The zero-order valence-electron chi connectivity index (χ0n) is 12.2. The molecule has 122 valence electrons. The molecule has 7 heteroatoms. The fraction of sp³-hybridized carbons (Fsp3) is 0.533. The molecule has 1 heterocycles. The Morgan fingerprint density at radius 3 is 1.73 bits per heavy atom. The summed E-state index contributed by atoms with van der Waals surface area (Å²) in [5.41, 5.74) is 0.516. The summed E-state index contributed by atoms with van der Waals surface area (Å²) in [6, 6.07) is 1.45. The molecule has 0 aliphatic heterocycles. The van der Waals surface area contributed by atoms with Gasteiger partial charge >= 0.3 is 11.9 Å². The first-order valence-corrected chi connectivity index (χ1v) is 9.34. The highest BCUT2D eigenvalue weighted by molar-refractivity contribution is 9.09. The molecule has 22 heavy (non-hydrogen) atoms. The quantitative estimate of drug-likeness (QED) is 0.317. The molecular weight excluding hydrogens is 418 g/mol. The lowest BCUT2D eigenvalue weighted by atomic mass is 10.2. The largest absolute Gasteiger partial charge is 0.462 e. The molecule has 1 aromatic heterocycles. The van der Waals surface area contributed by atoms with Crippen LogP contribution >= 0.6 is 31.9 Å². The molecule has 5 nitrogen and oxygen atoms in total. The molecule has 0 bridgehead atoms. The molecule has 0 aromatic carbocycles. The van der Waals surface area contributed by atoms with Gasteiger partial charge in [0.1, 0.15) is 0 Å². The molecule has 0 aliphatic rings. The van der Waals surface area contributed by atoms with E-state index in [2.05, 4.69) is 36.8 Å². The Balaban J connectivity index is 2.50. The van der Waals surface area contributed by atoms with Crippen molar-refractivity contribution in [2.75, 3.05) is 23.9 Å². The van der Waals surface area contributed by atoms with Crippen molar-refractivity contribution in [1.29, 1.82) is 0 Å². The highest BCUT2D eigenvalue weighted by Gasteiger charge is 2.13. The van der Waals surface area contributed by atoms with Gasteiger partial charge in [0.15, 0.2) is 0 Å². The molecule has 0 saturated carbocycles. The van der Waals surface area contributed by atoms with Crippen LogP contribution in [0.25, 0.3) is 0 Å². The van der Waals surface area contributed by atoms with Crippen LogP contribution in [0.5, 0.6) is 0 Å². The van der Waals surface area contributed by atoms with E-state index in [-0.39, 0.29) is 11.1 Å². The number of alkyl halides is 2. The zero-order chi connectivity index (χ0) is 16.2. The lowest BCUT2D eigenvalue weighted by Gasteiger charge is -2.06. The molecule has 0 aliphatic carbocycles. The topological polar surface area (TPSA) is 65.5 Å². The number of unbranched alkanes of at least 4 members (excludes halogenated alkanes) is 2. The molecule has 0 atom stereocenters. The Kier molecular flexibility index (Phi) is 10.1. The van der Waals surface area contributed by atoms with Gasteiger partial charge in [-0.3, -0.25) is 4.98 Å². The summed E-state index contributed by atoms with van der Waals surface area (Å²) in [5.74, 6) is -0.952. The lowest BCUT2D eigenvalue weighted by Crippen LogP contribution is -2.11. The van der Waals surface area contributed by atoms with Gasteiger partial charge in [0.25, 0.3) is 0 Å². The maximum absolute atomic E-state index is 11.9. The first-order valence-electron chi connectivity index (χ1n) is 7.10. The van der Waals surface area contributed by atoms with Crippen LogP contribution in [0.2, 0.25) is 0 Å². The zero-order valence-corrected chi connectivity index (χ0v) is 15.4. The Labute approximate surface area is 147 Å². The third-order valence-corrected chi connectivity index (χ3v) is 3.85. The number of nitrogens with zero attached hydrogens (tertiary/aromatic N) is 1. The minimum Gasteiger partial charge on any atom is -0.462 e. The van der Waals surface area contributed by atoms with Gasteiger partial charge in [0.05, 0.1) is 24.3 Å².